The minimum Gasteiger partial charge on any atom is -0.489 e. The molecule has 0 aliphatic carbocycles. The number of hydrogen-bond donors (Lipinski definition) is 1. The molecule has 0 aliphatic heterocycles. The van der Waals surface area contributed by atoms with Gasteiger partial charge in [0.15, 0.2) is 5.78 Å². The number of ketones is 1. The largest absolute Gasteiger partial charge is 0.489 e. The molecule has 0 aliphatic rings. The molecule has 23 heavy (non-hydrogen) atoms. The van der Waals surface area contributed by atoms with Gasteiger partial charge in [-0.25, -0.2) is 0 Å². The number of benzene rings is 2. The molecule has 0 atom stereocenters. The highest BCUT2D eigenvalue weighted by Gasteiger charge is 2.08. The number of carbonyl (C=O) groups is 2. The van der Waals surface area contributed by atoms with Gasteiger partial charge >= 0.3 is 0 Å². The number of carbonyl (C=O) groups excluding carboxylic acids is 2. The van der Waals surface area contributed by atoms with E-state index in [1.54, 1.807) is 30.3 Å². The van der Waals surface area contributed by atoms with Gasteiger partial charge in [0.05, 0.1) is 11.3 Å². The van der Waals surface area contributed by atoms with Crippen LogP contribution in [-0.2, 0) is 4.79 Å². The summed E-state index contributed by atoms with van der Waals surface area (Å²) in [6, 6.07) is 14.3. The van der Waals surface area contributed by atoms with Crippen LogP contribution in [0.1, 0.15) is 24.2 Å². The number of rotatable bonds is 7. The number of nitrogens with one attached hydrogen (secondary N) is 1. The Morgan fingerprint density at radius 3 is 2.09 bits per heavy atom. The summed E-state index contributed by atoms with van der Waals surface area (Å²) >= 11 is 0. The normalized spacial score (nSPS) is 10.0. The van der Waals surface area contributed by atoms with Crippen LogP contribution in [0, 0.1) is 0 Å². The Bertz CT molecular complexity index is 697. The first-order valence-electron chi connectivity index (χ1n) is 7.30. The summed E-state index contributed by atoms with van der Waals surface area (Å²) < 4.78 is 11.2. The fourth-order valence-corrected chi connectivity index (χ4v) is 2.07. The van der Waals surface area contributed by atoms with Crippen LogP contribution < -0.4 is 14.8 Å². The molecule has 0 heterocycles. The van der Waals surface area contributed by atoms with E-state index in [2.05, 4.69) is 5.32 Å². The van der Waals surface area contributed by atoms with Gasteiger partial charge < -0.3 is 14.8 Å². The maximum absolute atomic E-state index is 11.5. The van der Waals surface area contributed by atoms with Gasteiger partial charge in [0.2, 0.25) is 5.91 Å². The second-order valence-corrected chi connectivity index (χ2v) is 4.93. The molecule has 0 bridgehead atoms. The predicted octanol–water partition coefficient (Wildman–Crippen LogP) is 3.31. The molecule has 0 saturated carbocycles. The van der Waals surface area contributed by atoms with E-state index < -0.39 is 0 Å². The van der Waals surface area contributed by atoms with Crippen molar-refractivity contribution in [3.63, 3.8) is 0 Å². The molecule has 120 valence electrons. The van der Waals surface area contributed by atoms with Gasteiger partial charge in [-0.3, -0.25) is 9.59 Å². The molecule has 0 saturated heterocycles. The molecule has 2 aromatic carbocycles. The molecular weight excluding hydrogens is 294 g/mol. The lowest BCUT2D eigenvalue weighted by molar-refractivity contribution is -0.114. The highest BCUT2D eigenvalue weighted by atomic mass is 16.5. The number of para-hydroxylation sites is 3. The minimum absolute atomic E-state index is 0.0440. The third kappa shape index (κ3) is 4.85. The van der Waals surface area contributed by atoms with E-state index >= 15 is 0 Å². The first-order valence-corrected chi connectivity index (χ1v) is 7.30. The van der Waals surface area contributed by atoms with E-state index in [1.165, 1.54) is 13.8 Å². The molecular formula is C18H19NO4. The summed E-state index contributed by atoms with van der Waals surface area (Å²) in [7, 11) is 0. The van der Waals surface area contributed by atoms with Crippen LogP contribution in [0.3, 0.4) is 0 Å². The lowest BCUT2D eigenvalue weighted by Gasteiger charge is -2.13. The quantitative estimate of drug-likeness (QED) is 0.629. The Hall–Kier alpha value is -2.82. The van der Waals surface area contributed by atoms with Gasteiger partial charge in [0.1, 0.15) is 24.7 Å². The van der Waals surface area contributed by atoms with Crippen molar-refractivity contribution in [1.82, 2.24) is 0 Å². The van der Waals surface area contributed by atoms with E-state index in [0.717, 1.165) is 0 Å². The Morgan fingerprint density at radius 1 is 0.870 bits per heavy atom. The lowest BCUT2D eigenvalue weighted by atomic mass is 10.1. The van der Waals surface area contributed by atoms with E-state index in [1.807, 2.05) is 18.2 Å². The highest BCUT2D eigenvalue weighted by molar-refractivity contribution is 5.96. The zero-order valence-corrected chi connectivity index (χ0v) is 13.2. The summed E-state index contributed by atoms with van der Waals surface area (Å²) in [6.45, 7) is 3.53. The fourth-order valence-electron chi connectivity index (χ4n) is 2.07. The summed E-state index contributed by atoms with van der Waals surface area (Å²) in [6.07, 6.45) is 0. The molecule has 0 radical (unpaired) electrons. The lowest BCUT2D eigenvalue weighted by Crippen LogP contribution is -2.13. The Labute approximate surface area is 135 Å². The van der Waals surface area contributed by atoms with Crippen molar-refractivity contribution in [2.24, 2.45) is 0 Å². The monoisotopic (exact) mass is 313 g/mol. The van der Waals surface area contributed by atoms with Gasteiger partial charge in [0.25, 0.3) is 0 Å². The fraction of sp³-hybridized carbons (Fsp3) is 0.222. The molecule has 2 aromatic rings. The standard InChI is InChI=1S/C18H19NO4/c1-13(20)15-7-3-5-9-17(15)22-11-12-23-18-10-6-4-8-16(18)19-14(2)21/h3-10H,11-12H2,1-2H3,(H,19,21). The number of hydrogen-bond acceptors (Lipinski definition) is 4. The van der Waals surface area contributed by atoms with Crippen LogP contribution in [0.5, 0.6) is 11.5 Å². The third-order valence-electron chi connectivity index (χ3n) is 3.06. The summed E-state index contributed by atoms with van der Waals surface area (Å²) in [4.78, 5) is 22.7. The number of anilines is 1. The SMILES string of the molecule is CC(=O)Nc1ccccc1OCCOc1ccccc1C(C)=O. The average Bonchev–Trinajstić information content (AvgIpc) is 2.52. The van der Waals surface area contributed by atoms with Crippen LogP contribution in [-0.4, -0.2) is 24.9 Å². The van der Waals surface area contributed by atoms with E-state index in [4.69, 9.17) is 9.47 Å². The van der Waals surface area contributed by atoms with Crippen LogP contribution in [0.2, 0.25) is 0 Å². The topological polar surface area (TPSA) is 64.6 Å². The average molecular weight is 313 g/mol. The van der Waals surface area contributed by atoms with Gasteiger partial charge in [-0.1, -0.05) is 24.3 Å². The zero-order valence-electron chi connectivity index (χ0n) is 13.2. The van der Waals surface area contributed by atoms with Gasteiger partial charge in [-0.05, 0) is 31.2 Å². The van der Waals surface area contributed by atoms with Crippen LogP contribution in [0.25, 0.3) is 0 Å². The minimum atomic E-state index is -0.160. The number of amides is 1. The molecule has 5 heteroatoms. The van der Waals surface area contributed by atoms with Crippen LogP contribution in [0.4, 0.5) is 5.69 Å². The van der Waals surface area contributed by atoms with Crippen molar-refractivity contribution in [2.45, 2.75) is 13.8 Å². The van der Waals surface area contributed by atoms with E-state index in [0.29, 0.717) is 36.0 Å². The molecule has 5 nitrogen and oxygen atoms in total. The molecule has 0 fully saturated rings. The Kier molecular flexibility index (Phi) is 5.74. The van der Waals surface area contributed by atoms with Crippen molar-refractivity contribution in [1.29, 1.82) is 0 Å². The maximum Gasteiger partial charge on any atom is 0.221 e. The van der Waals surface area contributed by atoms with Crippen LogP contribution >= 0.6 is 0 Å². The van der Waals surface area contributed by atoms with Crippen LogP contribution in [0.15, 0.2) is 48.5 Å². The van der Waals surface area contributed by atoms with E-state index in [9.17, 15) is 9.59 Å². The molecule has 0 spiro atoms. The van der Waals surface area contributed by atoms with Crippen molar-refractivity contribution in [3.8, 4) is 11.5 Å². The van der Waals surface area contributed by atoms with Crippen molar-refractivity contribution in [3.05, 3.63) is 54.1 Å². The molecule has 1 amide bonds. The second kappa shape index (κ2) is 7.98. The molecule has 0 unspecified atom stereocenters. The zero-order chi connectivity index (χ0) is 16.7. The Morgan fingerprint density at radius 2 is 1.43 bits per heavy atom. The predicted molar refractivity (Wildman–Crippen MR) is 88.2 cm³/mol. The van der Waals surface area contributed by atoms with Crippen molar-refractivity contribution >= 4 is 17.4 Å². The summed E-state index contributed by atoms with van der Waals surface area (Å²) in [5.41, 5.74) is 1.16. The van der Waals surface area contributed by atoms with Gasteiger partial charge in [0, 0.05) is 6.92 Å². The smallest absolute Gasteiger partial charge is 0.221 e. The third-order valence-corrected chi connectivity index (χ3v) is 3.06. The Balaban J connectivity index is 1.92. The molecule has 0 aromatic heterocycles. The van der Waals surface area contributed by atoms with E-state index in [-0.39, 0.29) is 11.7 Å². The highest BCUT2D eigenvalue weighted by Crippen LogP contribution is 2.24. The second-order valence-electron chi connectivity index (χ2n) is 4.93. The first kappa shape index (κ1) is 16.5. The summed E-state index contributed by atoms with van der Waals surface area (Å²) in [5, 5.41) is 2.71. The summed E-state index contributed by atoms with van der Waals surface area (Å²) in [5.74, 6) is 0.912. The van der Waals surface area contributed by atoms with Crippen molar-refractivity contribution < 1.29 is 19.1 Å². The first-order chi connectivity index (χ1) is 11.1. The number of Topliss-reactive ketones (excluding diaryl/α,β-unsaturated/α-hetero) is 1. The maximum atomic E-state index is 11.5. The van der Waals surface area contributed by atoms with Gasteiger partial charge in [-0.2, -0.15) is 0 Å². The molecule has 1 N–H and O–H groups in total. The molecule has 2 rings (SSSR count). The van der Waals surface area contributed by atoms with Crippen molar-refractivity contribution in [2.75, 3.05) is 18.5 Å². The number of ether oxygens (including phenoxy) is 2. The van der Waals surface area contributed by atoms with Gasteiger partial charge in [-0.15, -0.1) is 0 Å².